The lowest BCUT2D eigenvalue weighted by Crippen LogP contribution is -2.36. The summed E-state index contributed by atoms with van der Waals surface area (Å²) in [6.07, 6.45) is 8.83. The van der Waals surface area contributed by atoms with Crippen LogP contribution in [0.25, 0.3) is 0 Å². The highest BCUT2D eigenvalue weighted by atomic mass is 15.2. The molecule has 1 heteroatoms. The first kappa shape index (κ1) is 10.5. The zero-order valence-electron chi connectivity index (χ0n) is 10.1. The second kappa shape index (κ2) is 3.84. The topological polar surface area (TPSA) is 3.24 Å². The van der Waals surface area contributed by atoms with Crippen LogP contribution in [0.3, 0.4) is 0 Å². The zero-order valence-corrected chi connectivity index (χ0v) is 10.1. The Kier molecular flexibility index (Phi) is 2.88. The van der Waals surface area contributed by atoms with Crippen molar-refractivity contribution >= 4 is 0 Å². The lowest BCUT2D eigenvalue weighted by atomic mass is 9.83. The average molecular weight is 195 g/mol. The quantitative estimate of drug-likeness (QED) is 0.652. The van der Waals surface area contributed by atoms with Crippen molar-refractivity contribution in [2.45, 2.75) is 71.4 Å². The molecule has 1 atom stereocenters. The molecule has 0 amide bonds. The Labute approximate surface area is 88.9 Å². The smallest absolute Gasteiger partial charge is 0.0101 e. The Bertz CT molecular complexity index is 191. The summed E-state index contributed by atoms with van der Waals surface area (Å²) >= 11 is 0. The minimum Gasteiger partial charge on any atom is -0.297 e. The highest BCUT2D eigenvalue weighted by molar-refractivity contribution is 4.98. The molecule has 0 aromatic heterocycles. The zero-order chi connectivity index (χ0) is 10.2. The Morgan fingerprint density at radius 1 is 1.29 bits per heavy atom. The molecule has 1 saturated carbocycles. The van der Waals surface area contributed by atoms with Crippen molar-refractivity contribution < 1.29 is 0 Å². The van der Waals surface area contributed by atoms with E-state index in [9.17, 15) is 0 Å². The second-order valence-electron chi connectivity index (χ2n) is 5.74. The van der Waals surface area contributed by atoms with E-state index in [4.69, 9.17) is 0 Å². The molecule has 0 aromatic carbocycles. The third kappa shape index (κ3) is 1.71. The van der Waals surface area contributed by atoms with Gasteiger partial charge in [-0.25, -0.2) is 0 Å². The molecule has 2 rings (SSSR count). The van der Waals surface area contributed by atoms with Crippen molar-refractivity contribution in [3.63, 3.8) is 0 Å². The van der Waals surface area contributed by atoms with Crippen LogP contribution in [0.5, 0.6) is 0 Å². The molecule has 0 aromatic rings. The summed E-state index contributed by atoms with van der Waals surface area (Å²) in [5, 5.41) is 0. The van der Waals surface area contributed by atoms with Crippen molar-refractivity contribution in [2.75, 3.05) is 6.54 Å². The van der Waals surface area contributed by atoms with Crippen LogP contribution in [0, 0.1) is 5.41 Å². The van der Waals surface area contributed by atoms with Crippen LogP contribution in [0.2, 0.25) is 0 Å². The molecule has 1 heterocycles. The molecule has 14 heavy (non-hydrogen) atoms. The molecular weight excluding hydrogens is 170 g/mol. The molecule has 82 valence electrons. The lowest BCUT2D eigenvalue weighted by molar-refractivity contribution is 0.185. The monoisotopic (exact) mass is 195 g/mol. The highest BCUT2D eigenvalue weighted by Crippen LogP contribution is 2.48. The minimum absolute atomic E-state index is 0.741. The van der Waals surface area contributed by atoms with Gasteiger partial charge in [-0.1, -0.05) is 19.8 Å². The Morgan fingerprint density at radius 2 is 1.93 bits per heavy atom. The van der Waals surface area contributed by atoms with Crippen LogP contribution >= 0.6 is 0 Å². The van der Waals surface area contributed by atoms with Crippen LogP contribution in [0.4, 0.5) is 0 Å². The molecule has 1 spiro atoms. The van der Waals surface area contributed by atoms with Crippen LogP contribution in [0.15, 0.2) is 0 Å². The molecule has 1 saturated heterocycles. The van der Waals surface area contributed by atoms with Gasteiger partial charge in [0.25, 0.3) is 0 Å². The molecule has 0 N–H and O–H groups in total. The fraction of sp³-hybridized carbons (Fsp3) is 1.00. The lowest BCUT2D eigenvalue weighted by Gasteiger charge is -2.28. The molecular formula is C13H25N. The second-order valence-corrected chi connectivity index (χ2v) is 5.74. The van der Waals surface area contributed by atoms with Crippen molar-refractivity contribution in [3.8, 4) is 0 Å². The van der Waals surface area contributed by atoms with Gasteiger partial charge in [0.05, 0.1) is 0 Å². The van der Waals surface area contributed by atoms with Crippen LogP contribution in [-0.2, 0) is 0 Å². The summed E-state index contributed by atoms with van der Waals surface area (Å²) in [6, 6.07) is 1.63. The molecule has 0 unspecified atom stereocenters. The van der Waals surface area contributed by atoms with Crippen molar-refractivity contribution in [1.29, 1.82) is 0 Å². The maximum atomic E-state index is 2.76. The third-order valence-electron chi connectivity index (χ3n) is 4.45. The van der Waals surface area contributed by atoms with Gasteiger partial charge in [-0.05, 0) is 44.9 Å². The number of hydrogen-bond acceptors (Lipinski definition) is 1. The van der Waals surface area contributed by atoms with Crippen LogP contribution in [-0.4, -0.2) is 23.5 Å². The summed E-state index contributed by atoms with van der Waals surface area (Å²) in [6.45, 7) is 8.46. The normalized spacial score (nSPS) is 32.1. The molecule has 1 aliphatic carbocycles. The fourth-order valence-corrected chi connectivity index (χ4v) is 3.67. The minimum atomic E-state index is 0.741. The third-order valence-corrected chi connectivity index (χ3v) is 4.45. The maximum Gasteiger partial charge on any atom is 0.0101 e. The van der Waals surface area contributed by atoms with Crippen molar-refractivity contribution in [1.82, 2.24) is 4.90 Å². The van der Waals surface area contributed by atoms with Crippen LogP contribution in [0.1, 0.15) is 59.3 Å². The van der Waals surface area contributed by atoms with Gasteiger partial charge in [0.2, 0.25) is 0 Å². The van der Waals surface area contributed by atoms with Gasteiger partial charge < -0.3 is 0 Å². The predicted octanol–water partition coefficient (Wildman–Crippen LogP) is 3.44. The molecule has 0 bridgehead atoms. The van der Waals surface area contributed by atoms with E-state index >= 15 is 0 Å². The molecule has 2 aliphatic rings. The summed E-state index contributed by atoms with van der Waals surface area (Å²) < 4.78 is 0. The largest absolute Gasteiger partial charge is 0.297 e. The van der Waals surface area contributed by atoms with Gasteiger partial charge in [0, 0.05) is 18.6 Å². The van der Waals surface area contributed by atoms with E-state index in [1.54, 1.807) is 0 Å². The molecule has 0 radical (unpaired) electrons. The standard InChI is InChI=1S/C13H25N/c1-4-12-9-13(7-5-6-8-13)10-14(12)11(2)3/h11-12H,4-10H2,1-3H3/t12-/m1/s1. The van der Waals surface area contributed by atoms with Crippen molar-refractivity contribution in [2.24, 2.45) is 5.41 Å². The first-order valence-electron chi connectivity index (χ1n) is 6.43. The number of rotatable bonds is 2. The first-order chi connectivity index (χ1) is 6.67. The van der Waals surface area contributed by atoms with Crippen LogP contribution < -0.4 is 0 Å². The van der Waals surface area contributed by atoms with E-state index in [1.807, 2.05) is 0 Å². The van der Waals surface area contributed by atoms with E-state index in [0.29, 0.717) is 0 Å². The number of likely N-dealkylation sites (tertiary alicyclic amines) is 1. The summed E-state index contributed by atoms with van der Waals surface area (Å²) in [5.41, 5.74) is 0.741. The summed E-state index contributed by atoms with van der Waals surface area (Å²) in [5.74, 6) is 0. The number of hydrogen-bond donors (Lipinski definition) is 0. The van der Waals surface area contributed by atoms with E-state index in [1.165, 1.54) is 45.1 Å². The molecule has 1 nitrogen and oxygen atoms in total. The van der Waals surface area contributed by atoms with E-state index in [-0.39, 0.29) is 0 Å². The summed E-state index contributed by atoms with van der Waals surface area (Å²) in [4.78, 5) is 2.76. The van der Waals surface area contributed by atoms with Gasteiger partial charge in [-0.3, -0.25) is 4.90 Å². The Morgan fingerprint density at radius 3 is 2.36 bits per heavy atom. The molecule has 1 aliphatic heterocycles. The Balaban J connectivity index is 2.06. The SMILES string of the molecule is CC[C@@H]1CC2(CCCC2)CN1C(C)C. The van der Waals surface area contributed by atoms with Crippen molar-refractivity contribution in [3.05, 3.63) is 0 Å². The van der Waals surface area contributed by atoms with Gasteiger partial charge >= 0.3 is 0 Å². The fourth-order valence-electron chi connectivity index (χ4n) is 3.67. The van der Waals surface area contributed by atoms with E-state index in [2.05, 4.69) is 25.7 Å². The van der Waals surface area contributed by atoms with Gasteiger partial charge in [0.15, 0.2) is 0 Å². The van der Waals surface area contributed by atoms with Gasteiger partial charge in [-0.2, -0.15) is 0 Å². The Hall–Kier alpha value is -0.0400. The average Bonchev–Trinajstić information content (AvgIpc) is 2.74. The van der Waals surface area contributed by atoms with E-state index < -0.39 is 0 Å². The first-order valence-corrected chi connectivity index (χ1v) is 6.43. The van der Waals surface area contributed by atoms with E-state index in [0.717, 1.165) is 17.5 Å². The predicted molar refractivity (Wildman–Crippen MR) is 61.4 cm³/mol. The highest BCUT2D eigenvalue weighted by Gasteiger charge is 2.45. The van der Waals surface area contributed by atoms with Gasteiger partial charge in [-0.15, -0.1) is 0 Å². The van der Waals surface area contributed by atoms with Gasteiger partial charge in [0.1, 0.15) is 0 Å². The number of nitrogens with zero attached hydrogens (tertiary/aromatic N) is 1. The maximum absolute atomic E-state index is 2.76. The molecule has 2 fully saturated rings. The summed E-state index contributed by atoms with van der Waals surface area (Å²) in [7, 11) is 0.